The lowest BCUT2D eigenvalue weighted by Crippen LogP contribution is -2.33. The number of halogens is 2. The van der Waals surface area contributed by atoms with Gasteiger partial charge in [-0.25, -0.2) is 17.5 Å². The topological polar surface area (TPSA) is 76.9 Å². The summed E-state index contributed by atoms with van der Waals surface area (Å²) in [5.41, 5.74) is 5.85. The lowest BCUT2D eigenvalue weighted by molar-refractivity contribution is 0.536. The predicted octanol–water partition coefficient (Wildman–Crippen LogP) is 7.85. The van der Waals surface area contributed by atoms with Crippen molar-refractivity contribution in [2.45, 2.75) is 56.0 Å². The Morgan fingerprint density at radius 3 is 2.21 bits per heavy atom. The first-order valence-electron chi connectivity index (χ1n) is 13.7. The summed E-state index contributed by atoms with van der Waals surface area (Å²) in [6.45, 7) is 7.52. The van der Waals surface area contributed by atoms with Gasteiger partial charge in [-0.2, -0.15) is 0 Å². The summed E-state index contributed by atoms with van der Waals surface area (Å²) in [6.07, 6.45) is 0.338. The van der Waals surface area contributed by atoms with Crippen LogP contribution in [0.3, 0.4) is 0 Å². The van der Waals surface area contributed by atoms with Gasteiger partial charge in [-0.3, -0.25) is 4.57 Å². The van der Waals surface area contributed by atoms with Crippen LogP contribution < -0.4 is 4.72 Å². The molecule has 4 aromatic carbocycles. The van der Waals surface area contributed by atoms with Gasteiger partial charge in [0.15, 0.2) is 11.0 Å². The van der Waals surface area contributed by atoms with Crippen LogP contribution >= 0.6 is 23.4 Å². The Balaban J connectivity index is 1.63. The van der Waals surface area contributed by atoms with Crippen molar-refractivity contribution in [3.63, 3.8) is 0 Å². The third-order valence-corrected chi connectivity index (χ3v) is 10.1. The minimum atomic E-state index is -3.97. The van der Waals surface area contributed by atoms with Gasteiger partial charge in [0, 0.05) is 10.8 Å². The molecule has 0 aliphatic carbocycles. The smallest absolute Gasteiger partial charge is 0.241 e. The summed E-state index contributed by atoms with van der Waals surface area (Å²) in [6, 6.07) is 24.5. The Hall–Kier alpha value is -3.50. The van der Waals surface area contributed by atoms with Crippen LogP contribution in [0.15, 0.2) is 95.0 Å². The molecular formula is C33H32ClFN4O2S2. The van der Waals surface area contributed by atoms with Crippen molar-refractivity contribution in [1.29, 1.82) is 0 Å². The molecule has 5 rings (SSSR count). The maximum absolute atomic E-state index is 14.0. The molecule has 0 radical (unpaired) electrons. The summed E-state index contributed by atoms with van der Waals surface area (Å²) < 4.78 is 46.5. The zero-order chi connectivity index (χ0) is 30.7. The molecule has 0 saturated heterocycles. The molecule has 0 bridgehead atoms. The molecule has 222 valence electrons. The largest absolute Gasteiger partial charge is 0.272 e. The molecule has 1 unspecified atom stereocenters. The molecule has 6 nitrogen and oxygen atoms in total. The second kappa shape index (κ2) is 13.0. The van der Waals surface area contributed by atoms with Crippen LogP contribution in [0.5, 0.6) is 0 Å². The predicted molar refractivity (Wildman–Crippen MR) is 171 cm³/mol. The fourth-order valence-corrected chi connectivity index (χ4v) is 7.97. The number of benzene rings is 4. The molecule has 1 atom stereocenters. The standard InChI is InChI=1S/C33H32ClFN4O2S2/c1-21-16-23(3)31(24(4)17-21)43(40,41)38-29(18-25-8-6-5-7-9-25)32-36-37-33(42-20-26-11-14-28(35)15-12-26)39(32)30-19-27(34)13-10-22(30)2/h5-17,19,29,38H,18,20H2,1-4H3. The summed E-state index contributed by atoms with van der Waals surface area (Å²) in [5.74, 6) is 0.639. The maximum Gasteiger partial charge on any atom is 0.241 e. The first-order valence-corrected chi connectivity index (χ1v) is 16.6. The van der Waals surface area contributed by atoms with Crippen molar-refractivity contribution in [2.24, 2.45) is 0 Å². The van der Waals surface area contributed by atoms with Crippen LogP contribution in [0.25, 0.3) is 5.69 Å². The Morgan fingerprint density at radius 2 is 1.53 bits per heavy atom. The summed E-state index contributed by atoms with van der Waals surface area (Å²) >= 11 is 7.89. The van der Waals surface area contributed by atoms with Crippen molar-refractivity contribution in [1.82, 2.24) is 19.5 Å². The molecule has 0 spiro atoms. The van der Waals surface area contributed by atoms with E-state index in [9.17, 15) is 12.8 Å². The van der Waals surface area contributed by atoms with Crippen molar-refractivity contribution in [2.75, 3.05) is 0 Å². The van der Waals surface area contributed by atoms with E-state index in [2.05, 4.69) is 14.9 Å². The second-order valence-corrected chi connectivity index (χ2v) is 13.6. The van der Waals surface area contributed by atoms with Crippen LogP contribution in [0.2, 0.25) is 5.02 Å². The molecule has 5 aromatic rings. The summed E-state index contributed by atoms with van der Waals surface area (Å²) in [4.78, 5) is 0.257. The first-order chi connectivity index (χ1) is 20.5. The van der Waals surface area contributed by atoms with Gasteiger partial charge in [-0.05, 0) is 86.2 Å². The number of aromatic nitrogens is 3. The minimum Gasteiger partial charge on any atom is -0.272 e. The SMILES string of the molecule is Cc1cc(C)c(S(=O)(=O)NC(Cc2ccccc2)c2nnc(SCc3ccc(F)cc3)n2-c2cc(Cl)ccc2C)c(C)c1. The number of hydrogen-bond acceptors (Lipinski definition) is 5. The van der Waals surface area contributed by atoms with E-state index in [-0.39, 0.29) is 10.7 Å². The third kappa shape index (κ3) is 7.18. The lowest BCUT2D eigenvalue weighted by Gasteiger charge is -2.22. The van der Waals surface area contributed by atoms with Gasteiger partial charge in [0.25, 0.3) is 0 Å². The highest BCUT2D eigenvalue weighted by Crippen LogP contribution is 2.33. The maximum atomic E-state index is 14.0. The molecular weight excluding hydrogens is 603 g/mol. The van der Waals surface area contributed by atoms with E-state index >= 15 is 0 Å². The van der Waals surface area contributed by atoms with E-state index in [1.54, 1.807) is 12.1 Å². The van der Waals surface area contributed by atoms with Crippen molar-refractivity contribution >= 4 is 33.4 Å². The number of hydrogen-bond donors (Lipinski definition) is 1. The molecule has 43 heavy (non-hydrogen) atoms. The highest BCUT2D eigenvalue weighted by Gasteiger charge is 2.30. The Bertz CT molecular complexity index is 1840. The monoisotopic (exact) mass is 634 g/mol. The van der Waals surface area contributed by atoms with Gasteiger partial charge in [-0.15, -0.1) is 10.2 Å². The van der Waals surface area contributed by atoms with Crippen LogP contribution in [0.1, 0.15) is 45.2 Å². The summed E-state index contributed by atoms with van der Waals surface area (Å²) in [5, 5.41) is 10.2. The van der Waals surface area contributed by atoms with Crippen molar-refractivity contribution in [3.05, 3.63) is 135 Å². The number of aryl methyl sites for hydroxylation is 4. The molecule has 0 amide bonds. The average Bonchev–Trinajstić information content (AvgIpc) is 3.37. The van der Waals surface area contributed by atoms with E-state index in [4.69, 9.17) is 11.6 Å². The Kier molecular flexibility index (Phi) is 9.36. The van der Waals surface area contributed by atoms with E-state index in [0.717, 1.165) is 27.9 Å². The molecule has 1 N–H and O–H groups in total. The van der Waals surface area contributed by atoms with E-state index < -0.39 is 16.1 Å². The van der Waals surface area contributed by atoms with Crippen molar-refractivity contribution < 1.29 is 12.8 Å². The van der Waals surface area contributed by atoms with Crippen LogP contribution in [-0.4, -0.2) is 23.2 Å². The fourth-order valence-electron chi connectivity index (χ4n) is 5.25. The zero-order valence-corrected chi connectivity index (χ0v) is 26.7. The van der Waals surface area contributed by atoms with Crippen molar-refractivity contribution in [3.8, 4) is 5.69 Å². The van der Waals surface area contributed by atoms with E-state index in [0.29, 0.717) is 39.3 Å². The molecule has 1 heterocycles. The molecule has 0 saturated carbocycles. The van der Waals surface area contributed by atoms with Gasteiger partial charge in [0.2, 0.25) is 10.0 Å². The normalized spacial score (nSPS) is 12.4. The van der Waals surface area contributed by atoms with Crippen LogP contribution in [-0.2, 0) is 22.2 Å². The van der Waals surface area contributed by atoms with Gasteiger partial charge in [0.1, 0.15) is 5.82 Å². The van der Waals surface area contributed by atoms with Gasteiger partial charge in [-0.1, -0.05) is 89.6 Å². The highest BCUT2D eigenvalue weighted by atomic mass is 35.5. The highest BCUT2D eigenvalue weighted by molar-refractivity contribution is 7.98. The minimum absolute atomic E-state index is 0.257. The Morgan fingerprint density at radius 1 is 0.860 bits per heavy atom. The number of sulfonamides is 1. The zero-order valence-electron chi connectivity index (χ0n) is 24.3. The molecule has 0 aliphatic heterocycles. The van der Waals surface area contributed by atoms with Crippen LogP contribution in [0.4, 0.5) is 4.39 Å². The second-order valence-electron chi connectivity index (χ2n) is 10.6. The van der Waals surface area contributed by atoms with Crippen LogP contribution in [0, 0.1) is 33.5 Å². The van der Waals surface area contributed by atoms with Gasteiger partial charge >= 0.3 is 0 Å². The molecule has 0 aliphatic rings. The number of nitrogens with zero attached hydrogens (tertiary/aromatic N) is 3. The molecule has 10 heteroatoms. The lowest BCUT2D eigenvalue weighted by atomic mass is 10.1. The van der Waals surface area contributed by atoms with E-state index in [1.807, 2.05) is 92.9 Å². The van der Waals surface area contributed by atoms with Gasteiger partial charge < -0.3 is 0 Å². The molecule has 0 fully saturated rings. The number of rotatable bonds is 10. The first kappa shape index (κ1) is 30.9. The van der Waals surface area contributed by atoms with E-state index in [1.165, 1.54) is 23.9 Å². The number of thioether (sulfide) groups is 1. The number of nitrogens with one attached hydrogen (secondary N) is 1. The molecule has 1 aromatic heterocycles. The fraction of sp³-hybridized carbons (Fsp3) is 0.212. The third-order valence-electron chi connectivity index (χ3n) is 7.12. The quantitative estimate of drug-likeness (QED) is 0.158. The Labute approximate surface area is 261 Å². The van der Waals surface area contributed by atoms with Gasteiger partial charge in [0.05, 0.1) is 16.6 Å². The summed E-state index contributed by atoms with van der Waals surface area (Å²) in [7, 11) is -3.97. The average molecular weight is 635 g/mol.